The normalized spacial score (nSPS) is 11.0. The van der Waals surface area contributed by atoms with E-state index in [9.17, 15) is 14.0 Å². The van der Waals surface area contributed by atoms with Gasteiger partial charge in [-0.15, -0.1) is 0 Å². The summed E-state index contributed by atoms with van der Waals surface area (Å²) in [7, 11) is 0. The van der Waals surface area contributed by atoms with Crippen LogP contribution in [0.4, 0.5) is 4.39 Å². The van der Waals surface area contributed by atoms with E-state index in [2.05, 4.69) is 15.0 Å². The van der Waals surface area contributed by atoms with Crippen molar-refractivity contribution in [2.75, 3.05) is 0 Å². The first kappa shape index (κ1) is 16.0. The molecule has 0 saturated heterocycles. The van der Waals surface area contributed by atoms with Crippen molar-refractivity contribution in [2.24, 2.45) is 0 Å². The molecule has 128 valence electrons. The van der Waals surface area contributed by atoms with Gasteiger partial charge in [-0.1, -0.05) is 60.7 Å². The smallest absolute Gasteiger partial charge is 0.283 e. The van der Waals surface area contributed by atoms with Gasteiger partial charge in [0, 0.05) is 11.1 Å². The lowest BCUT2D eigenvalue weighted by molar-refractivity contribution is 0.103. The maximum atomic E-state index is 13.0. The molecule has 6 heteroatoms. The third-order valence-corrected chi connectivity index (χ3v) is 4.17. The van der Waals surface area contributed by atoms with Crippen molar-refractivity contribution in [3.63, 3.8) is 0 Å². The number of alkyl halides is 1. The van der Waals surface area contributed by atoms with Crippen LogP contribution in [0.3, 0.4) is 0 Å². The molecule has 4 rings (SSSR count). The summed E-state index contributed by atoms with van der Waals surface area (Å²) in [4.78, 5) is 35.0. The minimum Gasteiger partial charge on any atom is -0.337 e. The molecule has 4 aromatic rings. The number of carbonyl (C=O) groups excluding carboxylic acids is 1. The van der Waals surface area contributed by atoms with Gasteiger partial charge in [-0.3, -0.25) is 9.59 Å². The lowest BCUT2D eigenvalue weighted by Gasteiger charge is -2.04. The van der Waals surface area contributed by atoms with Crippen LogP contribution in [0.1, 0.15) is 21.9 Å². The van der Waals surface area contributed by atoms with Crippen molar-refractivity contribution in [1.29, 1.82) is 0 Å². The van der Waals surface area contributed by atoms with Gasteiger partial charge in [0.15, 0.2) is 0 Å². The Morgan fingerprint density at radius 1 is 0.962 bits per heavy atom. The molecule has 0 bridgehead atoms. The van der Waals surface area contributed by atoms with Gasteiger partial charge in [-0.2, -0.15) is 4.98 Å². The van der Waals surface area contributed by atoms with Gasteiger partial charge in [-0.05, 0) is 5.56 Å². The largest absolute Gasteiger partial charge is 0.337 e. The average molecular weight is 347 g/mol. The Morgan fingerprint density at radius 3 is 2.27 bits per heavy atom. The van der Waals surface area contributed by atoms with Crippen LogP contribution in [0.5, 0.6) is 0 Å². The molecule has 0 saturated carbocycles. The number of hydrogen-bond acceptors (Lipinski definition) is 3. The van der Waals surface area contributed by atoms with Gasteiger partial charge in [0.1, 0.15) is 18.1 Å². The van der Waals surface area contributed by atoms with Crippen LogP contribution in [-0.4, -0.2) is 20.7 Å². The van der Waals surface area contributed by atoms with Crippen molar-refractivity contribution in [3.8, 4) is 11.1 Å². The standard InChI is InChI=1S/C20H14FN3O2/c21-11-14-22-19-16(20(26)23-14)15(12-7-3-1-4-8-12)17(24-19)18(25)13-9-5-2-6-10-13/h1-10H,11H2,(H2,22,23,24,26). The van der Waals surface area contributed by atoms with Gasteiger partial charge in [0.2, 0.25) is 5.78 Å². The molecule has 0 aliphatic rings. The number of nitrogens with one attached hydrogen (secondary N) is 2. The fourth-order valence-corrected chi connectivity index (χ4v) is 3.02. The van der Waals surface area contributed by atoms with E-state index < -0.39 is 12.2 Å². The third-order valence-electron chi connectivity index (χ3n) is 4.17. The fraction of sp³-hybridized carbons (Fsp3) is 0.0500. The highest BCUT2D eigenvalue weighted by molar-refractivity contribution is 6.16. The topological polar surface area (TPSA) is 78.6 Å². The Labute approximate surface area is 147 Å². The van der Waals surface area contributed by atoms with Gasteiger partial charge in [0.25, 0.3) is 5.56 Å². The number of nitrogens with zero attached hydrogens (tertiary/aromatic N) is 1. The molecule has 0 atom stereocenters. The molecule has 0 aliphatic carbocycles. The molecule has 2 N–H and O–H groups in total. The van der Waals surface area contributed by atoms with E-state index in [0.717, 1.165) is 0 Å². The zero-order valence-electron chi connectivity index (χ0n) is 13.6. The molecule has 2 heterocycles. The zero-order valence-corrected chi connectivity index (χ0v) is 13.6. The highest BCUT2D eigenvalue weighted by Crippen LogP contribution is 2.31. The molecule has 0 fully saturated rings. The van der Waals surface area contributed by atoms with E-state index in [-0.39, 0.29) is 28.3 Å². The minimum absolute atomic E-state index is 0.0814. The SMILES string of the molecule is O=C(c1ccccc1)c1[nH]c2[nH]c(CF)nc(=O)c2c1-c1ccccc1. The number of ketones is 1. The van der Waals surface area contributed by atoms with Crippen LogP contribution in [0, 0.1) is 0 Å². The van der Waals surface area contributed by atoms with Crippen LogP contribution >= 0.6 is 0 Å². The van der Waals surface area contributed by atoms with Crippen molar-refractivity contribution in [3.05, 3.63) is 88.1 Å². The molecule has 26 heavy (non-hydrogen) atoms. The van der Waals surface area contributed by atoms with Crippen LogP contribution in [0.2, 0.25) is 0 Å². The lowest BCUT2D eigenvalue weighted by atomic mass is 9.98. The predicted octanol–water partition coefficient (Wildman–Crippen LogP) is 3.62. The van der Waals surface area contributed by atoms with Crippen molar-refractivity contribution in [1.82, 2.24) is 15.0 Å². The maximum absolute atomic E-state index is 13.0. The summed E-state index contributed by atoms with van der Waals surface area (Å²) >= 11 is 0. The molecule has 0 aliphatic heterocycles. The van der Waals surface area contributed by atoms with E-state index in [1.807, 2.05) is 36.4 Å². The van der Waals surface area contributed by atoms with E-state index >= 15 is 0 Å². The highest BCUT2D eigenvalue weighted by atomic mass is 19.1. The Bertz CT molecular complexity index is 1150. The van der Waals surface area contributed by atoms with Gasteiger partial charge >= 0.3 is 0 Å². The summed E-state index contributed by atoms with van der Waals surface area (Å²) in [6.45, 7) is -0.896. The van der Waals surface area contributed by atoms with Crippen LogP contribution < -0.4 is 5.56 Å². The van der Waals surface area contributed by atoms with Crippen molar-refractivity contribution in [2.45, 2.75) is 6.67 Å². The predicted molar refractivity (Wildman–Crippen MR) is 96.8 cm³/mol. The first-order chi connectivity index (χ1) is 12.7. The van der Waals surface area contributed by atoms with E-state index in [1.165, 1.54) is 0 Å². The maximum Gasteiger partial charge on any atom is 0.283 e. The first-order valence-corrected chi connectivity index (χ1v) is 8.05. The molecular formula is C20H14FN3O2. The quantitative estimate of drug-likeness (QED) is 0.554. The summed E-state index contributed by atoms with van der Waals surface area (Å²) in [5, 5.41) is 0.243. The molecule has 0 amide bonds. The lowest BCUT2D eigenvalue weighted by Crippen LogP contribution is -2.11. The molecule has 0 unspecified atom stereocenters. The number of halogens is 1. The van der Waals surface area contributed by atoms with Crippen molar-refractivity contribution >= 4 is 16.8 Å². The second kappa shape index (κ2) is 6.40. The molecule has 2 aromatic carbocycles. The second-order valence-corrected chi connectivity index (χ2v) is 5.81. The number of H-pyrrole nitrogens is 2. The van der Waals surface area contributed by atoms with E-state index in [4.69, 9.17) is 0 Å². The summed E-state index contributed by atoms with van der Waals surface area (Å²) in [5.41, 5.74) is 1.64. The highest BCUT2D eigenvalue weighted by Gasteiger charge is 2.23. The minimum atomic E-state index is -0.896. The Balaban J connectivity index is 2.05. The first-order valence-electron chi connectivity index (χ1n) is 8.05. The van der Waals surface area contributed by atoms with Gasteiger partial charge < -0.3 is 9.97 Å². The number of aromatic nitrogens is 3. The average Bonchev–Trinajstić information content (AvgIpc) is 3.08. The number of fused-ring (bicyclic) bond motifs is 1. The Kier molecular flexibility index (Phi) is 3.93. The number of aromatic amines is 2. The van der Waals surface area contributed by atoms with E-state index in [0.29, 0.717) is 16.7 Å². The Hall–Kier alpha value is -3.54. The number of hydrogen-bond donors (Lipinski definition) is 2. The Morgan fingerprint density at radius 2 is 1.62 bits per heavy atom. The monoisotopic (exact) mass is 347 g/mol. The fourth-order valence-electron chi connectivity index (χ4n) is 3.02. The van der Waals surface area contributed by atoms with Gasteiger partial charge in [-0.25, -0.2) is 4.39 Å². The molecular weight excluding hydrogens is 333 g/mol. The molecule has 2 aromatic heterocycles. The molecule has 5 nitrogen and oxygen atoms in total. The number of benzene rings is 2. The zero-order chi connectivity index (χ0) is 18.1. The summed E-state index contributed by atoms with van der Waals surface area (Å²) in [6.07, 6.45) is 0. The summed E-state index contributed by atoms with van der Waals surface area (Å²) in [6, 6.07) is 17.9. The van der Waals surface area contributed by atoms with Crippen LogP contribution in [0.25, 0.3) is 22.2 Å². The van der Waals surface area contributed by atoms with Crippen molar-refractivity contribution < 1.29 is 9.18 Å². The summed E-state index contributed by atoms with van der Waals surface area (Å²) < 4.78 is 13.0. The summed E-state index contributed by atoms with van der Waals surface area (Å²) in [5.74, 6) is -0.336. The van der Waals surface area contributed by atoms with Gasteiger partial charge in [0.05, 0.1) is 11.1 Å². The molecule has 0 radical (unpaired) electrons. The third kappa shape index (κ3) is 2.61. The molecule has 0 spiro atoms. The second-order valence-electron chi connectivity index (χ2n) is 5.81. The van der Waals surface area contributed by atoms with E-state index in [1.54, 1.807) is 24.3 Å². The number of rotatable bonds is 4. The van der Waals surface area contributed by atoms with Crippen LogP contribution in [-0.2, 0) is 6.67 Å². The number of carbonyl (C=O) groups is 1. The van der Waals surface area contributed by atoms with Crippen LogP contribution in [0.15, 0.2) is 65.5 Å².